The van der Waals surface area contributed by atoms with E-state index in [4.69, 9.17) is 5.73 Å². The Kier molecular flexibility index (Phi) is 5.46. The van der Waals surface area contributed by atoms with Crippen molar-refractivity contribution < 1.29 is 18.0 Å². The van der Waals surface area contributed by atoms with Gasteiger partial charge in [-0.1, -0.05) is 0 Å². The number of hydrogen-bond donors (Lipinski definition) is 2. The molecule has 0 spiro atoms. The molecule has 1 aliphatic rings. The van der Waals surface area contributed by atoms with Crippen molar-refractivity contribution in [3.63, 3.8) is 0 Å². The largest absolute Gasteiger partial charge is 0.401 e. The number of alkyl halides is 3. The van der Waals surface area contributed by atoms with Crippen LogP contribution in [0.15, 0.2) is 31.0 Å². The van der Waals surface area contributed by atoms with Crippen LogP contribution in [0.4, 0.5) is 13.2 Å². The Morgan fingerprint density at radius 3 is 2.67 bits per heavy atom. The first kappa shape index (κ1) is 20.3. The van der Waals surface area contributed by atoms with Crippen molar-refractivity contribution in [3.05, 3.63) is 36.7 Å². The first-order chi connectivity index (χ1) is 14.3. The number of halogens is 3. The average Bonchev–Trinajstić information content (AvgIpc) is 3.37. The second-order valence-corrected chi connectivity index (χ2v) is 7.61. The first-order valence-corrected chi connectivity index (χ1v) is 9.75. The van der Waals surface area contributed by atoms with Gasteiger partial charge in [-0.15, -0.1) is 0 Å². The molecule has 30 heavy (non-hydrogen) atoms. The van der Waals surface area contributed by atoms with Gasteiger partial charge in [-0.2, -0.15) is 18.3 Å². The fourth-order valence-electron chi connectivity index (χ4n) is 4.05. The molecule has 3 aromatic heterocycles. The van der Waals surface area contributed by atoms with E-state index in [1.54, 1.807) is 34.2 Å². The lowest BCUT2D eigenvalue weighted by molar-refractivity contribution is -0.125. The van der Waals surface area contributed by atoms with Gasteiger partial charge >= 0.3 is 6.18 Å². The molecule has 160 valence electrons. The van der Waals surface area contributed by atoms with Gasteiger partial charge in [0.15, 0.2) is 5.69 Å². The van der Waals surface area contributed by atoms with Crippen LogP contribution in [0, 0.1) is 5.92 Å². The van der Waals surface area contributed by atoms with E-state index >= 15 is 0 Å². The van der Waals surface area contributed by atoms with Crippen molar-refractivity contribution in [3.8, 4) is 5.82 Å². The standard InChI is InChI=1S/C19H22F3N7O/c20-19(21,22)10-25-8-12-1-3-14(4-2-12)29-17-13(9-26-29)7-15(27-16(17)18(23)30)28-6-5-24-11-28/h5-7,9,11-12,14,25H,1-4,8,10H2,(H2,23,30). The number of imidazole rings is 1. The predicted octanol–water partition coefficient (Wildman–Crippen LogP) is 2.60. The Labute approximate surface area is 170 Å². The Morgan fingerprint density at radius 2 is 2.03 bits per heavy atom. The van der Waals surface area contributed by atoms with Crippen LogP contribution in [0.5, 0.6) is 0 Å². The molecule has 0 atom stereocenters. The topological polar surface area (TPSA) is 104 Å². The van der Waals surface area contributed by atoms with Crippen LogP contribution in [-0.2, 0) is 0 Å². The molecule has 1 saturated carbocycles. The fourth-order valence-corrected chi connectivity index (χ4v) is 4.05. The third-order valence-corrected chi connectivity index (χ3v) is 5.48. The van der Waals surface area contributed by atoms with Crippen LogP contribution in [0.2, 0.25) is 0 Å². The second kappa shape index (κ2) is 8.05. The number of carbonyl (C=O) groups is 1. The third-order valence-electron chi connectivity index (χ3n) is 5.48. The van der Waals surface area contributed by atoms with Crippen LogP contribution >= 0.6 is 0 Å². The molecule has 0 bridgehead atoms. The zero-order valence-electron chi connectivity index (χ0n) is 16.1. The molecule has 1 fully saturated rings. The summed E-state index contributed by atoms with van der Waals surface area (Å²) in [4.78, 5) is 20.5. The van der Waals surface area contributed by atoms with E-state index < -0.39 is 18.6 Å². The van der Waals surface area contributed by atoms with Crippen molar-refractivity contribution in [2.45, 2.75) is 37.9 Å². The number of pyridine rings is 1. The predicted molar refractivity (Wildman–Crippen MR) is 103 cm³/mol. The molecule has 3 heterocycles. The van der Waals surface area contributed by atoms with Crippen LogP contribution in [0.1, 0.15) is 42.2 Å². The van der Waals surface area contributed by atoms with E-state index in [0.29, 0.717) is 17.9 Å². The smallest absolute Gasteiger partial charge is 0.364 e. The molecule has 0 unspecified atom stereocenters. The minimum Gasteiger partial charge on any atom is -0.364 e. The maximum Gasteiger partial charge on any atom is 0.401 e. The lowest BCUT2D eigenvalue weighted by atomic mass is 9.86. The van der Waals surface area contributed by atoms with Gasteiger partial charge in [0.2, 0.25) is 0 Å². The number of rotatable bonds is 6. The number of nitrogens with zero attached hydrogens (tertiary/aromatic N) is 5. The summed E-state index contributed by atoms with van der Waals surface area (Å²) < 4.78 is 40.4. The summed E-state index contributed by atoms with van der Waals surface area (Å²) in [5, 5.41) is 7.72. The molecule has 0 radical (unpaired) electrons. The van der Waals surface area contributed by atoms with Crippen molar-refractivity contribution >= 4 is 16.8 Å². The van der Waals surface area contributed by atoms with E-state index in [1.807, 2.05) is 6.07 Å². The van der Waals surface area contributed by atoms with Crippen LogP contribution in [-0.4, -0.2) is 49.5 Å². The maximum absolute atomic E-state index is 12.3. The Hall–Kier alpha value is -2.95. The lowest BCUT2D eigenvalue weighted by Crippen LogP contribution is -2.34. The van der Waals surface area contributed by atoms with Crippen molar-refractivity contribution in [2.24, 2.45) is 11.7 Å². The summed E-state index contributed by atoms with van der Waals surface area (Å²) in [5.74, 6) is 0.0635. The van der Waals surface area contributed by atoms with Gasteiger partial charge in [-0.25, -0.2) is 9.97 Å². The molecule has 1 aliphatic carbocycles. The van der Waals surface area contributed by atoms with Crippen molar-refractivity contribution in [1.82, 2.24) is 29.6 Å². The van der Waals surface area contributed by atoms with Gasteiger partial charge in [0, 0.05) is 17.8 Å². The van der Waals surface area contributed by atoms with Crippen molar-refractivity contribution in [2.75, 3.05) is 13.1 Å². The zero-order chi connectivity index (χ0) is 21.3. The number of hydrogen-bond acceptors (Lipinski definition) is 5. The maximum atomic E-state index is 12.3. The summed E-state index contributed by atoms with van der Waals surface area (Å²) in [6.45, 7) is -0.627. The van der Waals surface area contributed by atoms with Gasteiger partial charge in [-0.05, 0) is 44.2 Å². The van der Waals surface area contributed by atoms with Gasteiger partial charge in [-0.3, -0.25) is 14.0 Å². The summed E-state index contributed by atoms with van der Waals surface area (Å²) in [6.07, 6.45) is 5.48. The molecule has 1 amide bonds. The summed E-state index contributed by atoms with van der Waals surface area (Å²) in [6, 6.07) is 1.86. The number of amides is 1. The number of fused-ring (bicyclic) bond motifs is 1. The van der Waals surface area contributed by atoms with E-state index in [9.17, 15) is 18.0 Å². The minimum absolute atomic E-state index is 0.0420. The first-order valence-electron chi connectivity index (χ1n) is 9.75. The van der Waals surface area contributed by atoms with Crippen molar-refractivity contribution in [1.29, 1.82) is 0 Å². The van der Waals surface area contributed by atoms with Crippen LogP contribution < -0.4 is 11.1 Å². The normalized spacial score (nSPS) is 20.0. The van der Waals surface area contributed by atoms with E-state index in [0.717, 1.165) is 31.1 Å². The van der Waals surface area contributed by atoms with Crippen LogP contribution in [0.3, 0.4) is 0 Å². The highest BCUT2D eigenvalue weighted by atomic mass is 19.4. The number of nitrogens with one attached hydrogen (secondary N) is 1. The summed E-state index contributed by atoms with van der Waals surface area (Å²) in [7, 11) is 0. The molecule has 0 aliphatic heterocycles. The second-order valence-electron chi connectivity index (χ2n) is 7.61. The van der Waals surface area contributed by atoms with E-state index in [2.05, 4.69) is 20.4 Å². The highest BCUT2D eigenvalue weighted by molar-refractivity contribution is 6.03. The average molecular weight is 421 g/mol. The van der Waals surface area contributed by atoms with Crippen LogP contribution in [0.25, 0.3) is 16.7 Å². The molecular weight excluding hydrogens is 399 g/mol. The number of nitrogens with two attached hydrogens (primary N) is 1. The SMILES string of the molecule is NC(=O)c1nc(-n2ccnc2)cc2cnn(C3CCC(CNCC(F)(F)F)CC3)c12. The molecule has 0 saturated heterocycles. The molecule has 3 aromatic rings. The van der Waals surface area contributed by atoms with Gasteiger partial charge in [0.05, 0.1) is 18.8 Å². The number of carbonyl (C=O) groups excluding carboxylic acids is 1. The Balaban J connectivity index is 1.52. The zero-order valence-corrected chi connectivity index (χ0v) is 16.1. The summed E-state index contributed by atoms with van der Waals surface area (Å²) >= 11 is 0. The van der Waals surface area contributed by atoms with Gasteiger partial charge in [0.25, 0.3) is 5.91 Å². The molecular formula is C19H22F3N7O. The molecule has 8 nitrogen and oxygen atoms in total. The molecule has 11 heteroatoms. The van der Waals surface area contributed by atoms with Gasteiger partial charge in [0.1, 0.15) is 17.7 Å². The third kappa shape index (κ3) is 4.30. The minimum atomic E-state index is -4.20. The highest BCUT2D eigenvalue weighted by Crippen LogP contribution is 2.34. The highest BCUT2D eigenvalue weighted by Gasteiger charge is 2.29. The number of aromatic nitrogens is 5. The molecule has 0 aromatic carbocycles. The Bertz CT molecular complexity index is 1020. The molecule has 3 N–H and O–H groups in total. The lowest BCUT2D eigenvalue weighted by Gasteiger charge is -2.29. The monoisotopic (exact) mass is 421 g/mol. The quantitative estimate of drug-likeness (QED) is 0.637. The Morgan fingerprint density at radius 1 is 1.27 bits per heavy atom. The fraction of sp³-hybridized carbons (Fsp3) is 0.474. The molecule has 4 rings (SSSR count). The number of primary amides is 1. The van der Waals surface area contributed by atoms with E-state index in [1.165, 1.54) is 0 Å². The van der Waals surface area contributed by atoms with Gasteiger partial charge < -0.3 is 11.1 Å². The van der Waals surface area contributed by atoms with E-state index in [-0.39, 0.29) is 17.7 Å². The summed E-state index contributed by atoms with van der Waals surface area (Å²) in [5.41, 5.74) is 6.33.